The van der Waals surface area contributed by atoms with Crippen LogP contribution in [0.5, 0.6) is 0 Å². The summed E-state index contributed by atoms with van der Waals surface area (Å²) in [5, 5.41) is 12.9. The Labute approximate surface area is 119 Å². The number of nitrogens with zero attached hydrogens (tertiary/aromatic N) is 3. The van der Waals surface area contributed by atoms with Gasteiger partial charge >= 0.3 is 0 Å². The van der Waals surface area contributed by atoms with Crippen LogP contribution in [0.25, 0.3) is 0 Å². The average Bonchev–Trinajstić information content (AvgIpc) is 2.37. The highest BCUT2D eigenvalue weighted by Crippen LogP contribution is 2.19. The summed E-state index contributed by atoms with van der Waals surface area (Å²) in [4.78, 5) is 38.4. The number of hydrogen-bond donors (Lipinski definition) is 1. The molecule has 8 nitrogen and oxygen atoms in total. The standard InChI is InChI=1S/C11H13ClN4O4/c1-6(11(18)15(2)3)14-10(17)8-4-7(16(19)20)5-13-9(8)12/h4-6H,1-3H3,(H,14,17). The molecule has 0 spiro atoms. The van der Waals surface area contributed by atoms with E-state index in [-0.39, 0.29) is 22.3 Å². The summed E-state index contributed by atoms with van der Waals surface area (Å²) in [6, 6.07) is 0.227. The Balaban J connectivity index is 2.95. The van der Waals surface area contributed by atoms with E-state index in [1.165, 1.54) is 11.8 Å². The molecule has 1 atom stereocenters. The molecule has 0 bridgehead atoms. The third-order valence-electron chi connectivity index (χ3n) is 2.44. The zero-order chi connectivity index (χ0) is 15.4. The molecule has 1 unspecified atom stereocenters. The molecule has 1 aromatic heterocycles. The Bertz CT molecular complexity index is 561. The van der Waals surface area contributed by atoms with Gasteiger partial charge in [-0.3, -0.25) is 19.7 Å². The van der Waals surface area contributed by atoms with Crippen molar-refractivity contribution in [3.8, 4) is 0 Å². The van der Waals surface area contributed by atoms with Gasteiger partial charge in [0, 0.05) is 20.2 Å². The maximum absolute atomic E-state index is 11.9. The van der Waals surface area contributed by atoms with Crippen molar-refractivity contribution in [1.82, 2.24) is 15.2 Å². The van der Waals surface area contributed by atoms with Crippen LogP contribution in [-0.2, 0) is 4.79 Å². The monoisotopic (exact) mass is 300 g/mol. The zero-order valence-corrected chi connectivity index (χ0v) is 11.8. The fraction of sp³-hybridized carbons (Fsp3) is 0.364. The minimum absolute atomic E-state index is 0.153. The highest BCUT2D eigenvalue weighted by atomic mass is 35.5. The molecule has 2 amide bonds. The summed E-state index contributed by atoms with van der Waals surface area (Å²) in [6.45, 7) is 1.50. The molecule has 108 valence electrons. The normalized spacial score (nSPS) is 11.6. The van der Waals surface area contributed by atoms with Crippen LogP contribution in [0.1, 0.15) is 17.3 Å². The van der Waals surface area contributed by atoms with Crippen LogP contribution < -0.4 is 5.32 Å². The number of nitrogens with one attached hydrogen (secondary N) is 1. The van der Waals surface area contributed by atoms with Crippen LogP contribution in [0.15, 0.2) is 12.3 Å². The Morgan fingerprint density at radius 1 is 1.50 bits per heavy atom. The lowest BCUT2D eigenvalue weighted by Crippen LogP contribution is -2.44. The fourth-order valence-corrected chi connectivity index (χ4v) is 1.61. The second-order valence-corrected chi connectivity index (χ2v) is 4.57. The van der Waals surface area contributed by atoms with Gasteiger partial charge in [0.15, 0.2) is 0 Å². The van der Waals surface area contributed by atoms with E-state index in [4.69, 9.17) is 11.6 Å². The van der Waals surface area contributed by atoms with Crippen molar-refractivity contribution in [2.75, 3.05) is 14.1 Å². The Kier molecular flexibility index (Phi) is 4.98. The zero-order valence-electron chi connectivity index (χ0n) is 11.1. The van der Waals surface area contributed by atoms with Crippen LogP contribution in [-0.4, -0.2) is 46.8 Å². The molecule has 9 heteroatoms. The SMILES string of the molecule is CC(NC(=O)c1cc([N+](=O)[O-])cnc1Cl)C(=O)N(C)C. The molecular weight excluding hydrogens is 288 g/mol. The van der Waals surface area contributed by atoms with Crippen LogP contribution in [0.2, 0.25) is 5.15 Å². The van der Waals surface area contributed by atoms with Crippen molar-refractivity contribution in [3.63, 3.8) is 0 Å². The quantitative estimate of drug-likeness (QED) is 0.504. The first-order valence-corrected chi connectivity index (χ1v) is 5.93. The lowest BCUT2D eigenvalue weighted by Gasteiger charge is -2.18. The van der Waals surface area contributed by atoms with E-state index in [0.29, 0.717) is 0 Å². The van der Waals surface area contributed by atoms with Crippen LogP contribution in [0.4, 0.5) is 5.69 Å². The van der Waals surface area contributed by atoms with E-state index in [9.17, 15) is 19.7 Å². The highest BCUT2D eigenvalue weighted by molar-refractivity contribution is 6.32. The molecule has 0 fully saturated rings. The van der Waals surface area contributed by atoms with Crippen molar-refractivity contribution >= 4 is 29.1 Å². The van der Waals surface area contributed by atoms with E-state index in [0.717, 1.165) is 12.3 Å². The van der Waals surface area contributed by atoms with Crippen molar-refractivity contribution in [2.24, 2.45) is 0 Å². The van der Waals surface area contributed by atoms with Gasteiger partial charge in [-0.25, -0.2) is 4.98 Å². The van der Waals surface area contributed by atoms with Gasteiger partial charge in [-0.05, 0) is 6.92 Å². The number of hydrogen-bond acceptors (Lipinski definition) is 5. The molecule has 0 aliphatic rings. The topological polar surface area (TPSA) is 105 Å². The number of rotatable bonds is 4. The third kappa shape index (κ3) is 3.64. The first-order valence-electron chi connectivity index (χ1n) is 5.56. The maximum atomic E-state index is 11.9. The first kappa shape index (κ1) is 15.8. The fourth-order valence-electron chi connectivity index (χ4n) is 1.42. The summed E-state index contributed by atoms with van der Waals surface area (Å²) in [5.74, 6) is -1.01. The maximum Gasteiger partial charge on any atom is 0.288 e. The van der Waals surface area contributed by atoms with Gasteiger partial charge in [0.05, 0.1) is 10.5 Å². The van der Waals surface area contributed by atoms with Crippen LogP contribution in [0.3, 0.4) is 0 Å². The van der Waals surface area contributed by atoms with E-state index >= 15 is 0 Å². The number of nitro groups is 1. The number of amides is 2. The Morgan fingerprint density at radius 2 is 2.10 bits per heavy atom. The van der Waals surface area contributed by atoms with Gasteiger partial charge in [0.25, 0.3) is 11.6 Å². The number of carbonyl (C=O) groups excluding carboxylic acids is 2. The van der Waals surface area contributed by atoms with Crippen LogP contribution in [0, 0.1) is 10.1 Å². The number of halogens is 1. The third-order valence-corrected chi connectivity index (χ3v) is 2.74. The molecular formula is C11H13ClN4O4. The number of carbonyl (C=O) groups is 2. The lowest BCUT2D eigenvalue weighted by atomic mass is 10.2. The van der Waals surface area contributed by atoms with Gasteiger partial charge in [-0.1, -0.05) is 11.6 Å². The summed E-state index contributed by atoms with van der Waals surface area (Å²) < 4.78 is 0. The minimum atomic E-state index is -0.784. The minimum Gasteiger partial charge on any atom is -0.347 e. The second-order valence-electron chi connectivity index (χ2n) is 4.22. The summed E-state index contributed by atoms with van der Waals surface area (Å²) in [7, 11) is 3.10. The van der Waals surface area contributed by atoms with Gasteiger partial charge in [0.1, 0.15) is 17.4 Å². The molecule has 1 N–H and O–H groups in total. The molecule has 0 saturated heterocycles. The Morgan fingerprint density at radius 3 is 2.60 bits per heavy atom. The van der Waals surface area contributed by atoms with Gasteiger partial charge in [-0.2, -0.15) is 0 Å². The van der Waals surface area contributed by atoms with Crippen molar-refractivity contribution in [1.29, 1.82) is 0 Å². The second kappa shape index (κ2) is 6.29. The largest absolute Gasteiger partial charge is 0.347 e. The lowest BCUT2D eigenvalue weighted by molar-refractivity contribution is -0.385. The van der Waals surface area contributed by atoms with Crippen molar-refractivity contribution in [2.45, 2.75) is 13.0 Å². The number of pyridine rings is 1. The molecule has 0 aliphatic heterocycles. The molecule has 0 radical (unpaired) electrons. The van der Waals surface area contributed by atoms with E-state index in [1.54, 1.807) is 14.1 Å². The number of likely N-dealkylation sites (N-methyl/N-ethyl adjacent to an activating group) is 1. The molecule has 20 heavy (non-hydrogen) atoms. The summed E-state index contributed by atoms with van der Waals surface area (Å²) in [6.07, 6.45) is 0.952. The predicted octanol–water partition coefficient (Wildman–Crippen LogP) is 0.850. The highest BCUT2D eigenvalue weighted by Gasteiger charge is 2.22. The van der Waals surface area contributed by atoms with Crippen molar-refractivity contribution < 1.29 is 14.5 Å². The molecule has 1 rings (SSSR count). The predicted molar refractivity (Wildman–Crippen MR) is 71.5 cm³/mol. The molecule has 0 aliphatic carbocycles. The average molecular weight is 301 g/mol. The van der Waals surface area contributed by atoms with Crippen molar-refractivity contribution in [3.05, 3.63) is 33.1 Å². The van der Waals surface area contributed by atoms with Gasteiger partial charge in [-0.15, -0.1) is 0 Å². The smallest absolute Gasteiger partial charge is 0.288 e. The van der Waals surface area contributed by atoms with Gasteiger partial charge < -0.3 is 10.2 Å². The molecule has 1 aromatic rings. The first-order chi connectivity index (χ1) is 9.23. The number of aromatic nitrogens is 1. The summed E-state index contributed by atoms with van der Waals surface area (Å²) >= 11 is 5.73. The van der Waals surface area contributed by atoms with E-state index < -0.39 is 16.9 Å². The molecule has 1 heterocycles. The molecule has 0 aromatic carbocycles. The summed E-state index contributed by atoms with van der Waals surface area (Å²) in [5.41, 5.74) is -0.509. The molecule has 0 saturated carbocycles. The van der Waals surface area contributed by atoms with Crippen LogP contribution >= 0.6 is 11.6 Å². The Hall–Kier alpha value is -2.22. The van der Waals surface area contributed by atoms with Gasteiger partial charge in [0.2, 0.25) is 5.91 Å². The van der Waals surface area contributed by atoms with E-state index in [1.807, 2.05) is 0 Å². The van der Waals surface area contributed by atoms with E-state index in [2.05, 4.69) is 10.3 Å².